The van der Waals surface area contributed by atoms with Gasteiger partial charge >= 0.3 is 5.97 Å². The van der Waals surface area contributed by atoms with Crippen molar-refractivity contribution in [3.63, 3.8) is 0 Å². The molecule has 2 aromatic heterocycles. The molecule has 0 radical (unpaired) electrons. The summed E-state index contributed by atoms with van der Waals surface area (Å²) >= 11 is 0. The summed E-state index contributed by atoms with van der Waals surface area (Å²) in [4.78, 5) is 23.4. The minimum atomic E-state index is -0.349. The van der Waals surface area contributed by atoms with Gasteiger partial charge in [-0.25, -0.2) is 9.78 Å². The molecule has 1 saturated heterocycles. The highest BCUT2D eigenvalue weighted by Gasteiger charge is 2.24. The van der Waals surface area contributed by atoms with Crippen LogP contribution in [0.1, 0.15) is 53.2 Å². The second-order valence-electron chi connectivity index (χ2n) is 8.07. The zero-order valence-electron chi connectivity index (χ0n) is 18.2. The standard InChI is InChI=1S/C25H29N3O3/c1-18-23(27-24(31-18)19-9-11-20(12-10-19)25(29)30-2)17-28-16-6-4-8-22(28)14-13-21-7-3-5-15-26-21/h3,5,7,9-12,15,22H,4,6,8,13-14,16-17H2,1-2H3/t22-/m0/s1. The lowest BCUT2D eigenvalue weighted by Gasteiger charge is -2.35. The van der Waals surface area contributed by atoms with Gasteiger partial charge in [-0.3, -0.25) is 9.88 Å². The zero-order chi connectivity index (χ0) is 21.6. The highest BCUT2D eigenvalue weighted by atomic mass is 16.5. The number of piperidine rings is 1. The van der Waals surface area contributed by atoms with Gasteiger partial charge in [0.15, 0.2) is 0 Å². The Bertz CT molecular complexity index is 999. The van der Waals surface area contributed by atoms with E-state index in [1.807, 2.05) is 31.3 Å². The quantitative estimate of drug-likeness (QED) is 0.512. The maximum Gasteiger partial charge on any atom is 0.337 e. The number of pyridine rings is 1. The summed E-state index contributed by atoms with van der Waals surface area (Å²) in [5.74, 6) is 1.09. The molecule has 0 amide bonds. The van der Waals surface area contributed by atoms with E-state index in [-0.39, 0.29) is 5.97 Å². The van der Waals surface area contributed by atoms with Crippen molar-refractivity contribution in [3.05, 3.63) is 71.4 Å². The van der Waals surface area contributed by atoms with Crippen molar-refractivity contribution in [1.82, 2.24) is 14.9 Å². The highest BCUT2D eigenvalue weighted by Crippen LogP contribution is 2.27. The third kappa shape index (κ3) is 5.20. The fourth-order valence-electron chi connectivity index (χ4n) is 4.21. The number of aromatic nitrogens is 2. The van der Waals surface area contributed by atoms with E-state index in [4.69, 9.17) is 14.1 Å². The number of likely N-dealkylation sites (tertiary alicyclic amines) is 1. The maximum absolute atomic E-state index is 11.6. The average molecular weight is 420 g/mol. The van der Waals surface area contributed by atoms with Crippen LogP contribution in [-0.2, 0) is 17.7 Å². The van der Waals surface area contributed by atoms with Crippen LogP contribution in [0.15, 0.2) is 53.1 Å². The van der Waals surface area contributed by atoms with Crippen LogP contribution in [0.3, 0.4) is 0 Å². The largest absolute Gasteiger partial charge is 0.465 e. The first-order valence-electron chi connectivity index (χ1n) is 10.9. The number of rotatable bonds is 7. The predicted octanol–water partition coefficient (Wildman–Crippen LogP) is 4.82. The lowest BCUT2D eigenvalue weighted by molar-refractivity contribution is 0.0600. The molecule has 1 fully saturated rings. The van der Waals surface area contributed by atoms with E-state index in [2.05, 4.69) is 22.0 Å². The van der Waals surface area contributed by atoms with Crippen LogP contribution >= 0.6 is 0 Å². The van der Waals surface area contributed by atoms with Crippen LogP contribution in [0.5, 0.6) is 0 Å². The van der Waals surface area contributed by atoms with Gasteiger partial charge in [0.05, 0.1) is 18.4 Å². The van der Waals surface area contributed by atoms with Crippen LogP contribution in [0.2, 0.25) is 0 Å². The molecule has 6 heteroatoms. The number of esters is 1. The van der Waals surface area contributed by atoms with Gasteiger partial charge in [0, 0.05) is 30.0 Å². The smallest absolute Gasteiger partial charge is 0.337 e. The minimum absolute atomic E-state index is 0.349. The third-order valence-corrected chi connectivity index (χ3v) is 6.01. The molecule has 0 bridgehead atoms. The zero-order valence-corrected chi connectivity index (χ0v) is 18.2. The number of ether oxygens (including phenoxy) is 1. The molecule has 4 rings (SSSR count). The molecule has 0 unspecified atom stereocenters. The van der Waals surface area contributed by atoms with E-state index in [0.717, 1.165) is 48.6 Å². The van der Waals surface area contributed by atoms with Crippen molar-refractivity contribution in [1.29, 1.82) is 0 Å². The van der Waals surface area contributed by atoms with Gasteiger partial charge in [-0.05, 0) is 75.5 Å². The van der Waals surface area contributed by atoms with E-state index in [0.29, 0.717) is 17.5 Å². The molecule has 1 aromatic carbocycles. The van der Waals surface area contributed by atoms with Gasteiger partial charge in [0.1, 0.15) is 5.76 Å². The van der Waals surface area contributed by atoms with Crippen molar-refractivity contribution >= 4 is 5.97 Å². The molecular weight excluding hydrogens is 390 g/mol. The van der Waals surface area contributed by atoms with Gasteiger partial charge in [-0.15, -0.1) is 0 Å². The molecule has 3 heterocycles. The lowest BCUT2D eigenvalue weighted by atomic mass is 9.96. The Balaban J connectivity index is 1.44. The maximum atomic E-state index is 11.6. The number of carbonyl (C=O) groups excluding carboxylic acids is 1. The molecule has 0 N–H and O–H groups in total. The minimum Gasteiger partial charge on any atom is -0.465 e. The second-order valence-corrected chi connectivity index (χ2v) is 8.07. The second kappa shape index (κ2) is 9.88. The highest BCUT2D eigenvalue weighted by molar-refractivity contribution is 5.89. The Morgan fingerprint density at radius 1 is 1.19 bits per heavy atom. The molecule has 31 heavy (non-hydrogen) atoms. The summed E-state index contributed by atoms with van der Waals surface area (Å²) in [6, 6.07) is 13.8. The van der Waals surface area contributed by atoms with E-state index in [1.165, 1.54) is 26.4 Å². The molecule has 162 valence electrons. The van der Waals surface area contributed by atoms with Gasteiger partial charge in [0.25, 0.3) is 0 Å². The number of benzene rings is 1. The number of nitrogens with zero attached hydrogens (tertiary/aromatic N) is 3. The van der Waals surface area contributed by atoms with Crippen LogP contribution < -0.4 is 0 Å². The third-order valence-electron chi connectivity index (χ3n) is 6.01. The van der Waals surface area contributed by atoms with Crippen LogP contribution in [0.4, 0.5) is 0 Å². The predicted molar refractivity (Wildman–Crippen MR) is 119 cm³/mol. The summed E-state index contributed by atoms with van der Waals surface area (Å²) in [5, 5.41) is 0. The van der Waals surface area contributed by atoms with E-state index >= 15 is 0 Å². The summed E-state index contributed by atoms with van der Waals surface area (Å²) in [6.45, 7) is 3.85. The van der Waals surface area contributed by atoms with E-state index in [9.17, 15) is 4.79 Å². The first kappa shape index (κ1) is 21.2. The fourth-order valence-corrected chi connectivity index (χ4v) is 4.21. The van der Waals surface area contributed by atoms with Crippen molar-refractivity contribution in [2.75, 3.05) is 13.7 Å². The Morgan fingerprint density at radius 2 is 2.03 bits per heavy atom. The van der Waals surface area contributed by atoms with E-state index in [1.54, 1.807) is 12.1 Å². The topological polar surface area (TPSA) is 68.5 Å². The van der Waals surface area contributed by atoms with Crippen molar-refractivity contribution in [2.45, 2.75) is 51.6 Å². The normalized spacial score (nSPS) is 16.9. The Kier molecular flexibility index (Phi) is 6.77. The number of carbonyl (C=O) groups is 1. The van der Waals surface area contributed by atoms with Gasteiger partial charge in [0.2, 0.25) is 5.89 Å². The summed E-state index contributed by atoms with van der Waals surface area (Å²) in [6.07, 6.45) is 7.68. The summed E-state index contributed by atoms with van der Waals surface area (Å²) in [5.41, 5.74) is 3.51. The molecule has 0 saturated carbocycles. The average Bonchev–Trinajstić information content (AvgIpc) is 3.19. The van der Waals surface area contributed by atoms with Gasteiger partial charge in [-0.1, -0.05) is 12.5 Å². The molecule has 1 atom stereocenters. The SMILES string of the molecule is COC(=O)c1ccc(-c2nc(CN3CCCC[C@H]3CCc3ccccn3)c(C)o2)cc1. The Morgan fingerprint density at radius 3 is 2.77 bits per heavy atom. The molecular formula is C25H29N3O3. The lowest BCUT2D eigenvalue weighted by Crippen LogP contribution is -2.39. The van der Waals surface area contributed by atoms with Crippen molar-refractivity contribution < 1.29 is 13.9 Å². The molecule has 1 aliphatic rings. The Hall–Kier alpha value is -2.99. The van der Waals surface area contributed by atoms with Crippen LogP contribution in [0.25, 0.3) is 11.5 Å². The molecule has 6 nitrogen and oxygen atoms in total. The first-order valence-corrected chi connectivity index (χ1v) is 10.9. The van der Waals surface area contributed by atoms with Crippen molar-refractivity contribution in [2.24, 2.45) is 0 Å². The molecule has 0 aliphatic carbocycles. The first-order chi connectivity index (χ1) is 15.1. The van der Waals surface area contributed by atoms with Crippen LogP contribution in [-0.4, -0.2) is 40.5 Å². The molecule has 0 spiro atoms. The summed E-state index contributed by atoms with van der Waals surface area (Å²) in [7, 11) is 1.38. The molecule has 3 aromatic rings. The fraction of sp³-hybridized carbons (Fsp3) is 0.400. The van der Waals surface area contributed by atoms with Crippen molar-refractivity contribution in [3.8, 4) is 11.5 Å². The number of oxazole rings is 1. The van der Waals surface area contributed by atoms with Gasteiger partial charge in [-0.2, -0.15) is 0 Å². The number of hydrogen-bond acceptors (Lipinski definition) is 6. The molecule has 1 aliphatic heterocycles. The van der Waals surface area contributed by atoms with E-state index < -0.39 is 0 Å². The number of aryl methyl sites for hydroxylation is 2. The van der Waals surface area contributed by atoms with Crippen LogP contribution in [0, 0.1) is 6.92 Å². The summed E-state index contributed by atoms with van der Waals surface area (Å²) < 4.78 is 10.7. The number of hydrogen-bond donors (Lipinski definition) is 0. The monoisotopic (exact) mass is 419 g/mol. The Labute approximate surface area is 183 Å². The van der Waals surface area contributed by atoms with Gasteiger partial charge < -0.3 is 9.15 Å². The number of methoxy groups -OCH3 is 1.